The highest BCUT2D eigenvalue weighted by molar-refractivity contribution is 5.73. The first-order valence-corrected chi connectivity index (χ1v) is 38.7. The van der Waals surface area contributed by atoms with Crippen molar-refractivity contribution in [2.45, 2.75) is 397 Å². The molecule has 0 aromatic heterocycles. The fourth-order valence-electron chi connectivity index (χ4n) is 15.0. The third-order valence-corrected chi connectivity index (χ3v) is 22.0. The van der Waals surface area contributed by atoms with Crippen LogP contribution in [0.1, 0.15) is 311 Å². The summed E-state index contributed by atoms with van der Waals surface area (Å²) < 4.78 is 40.5. The lowest BCUT2D eigenvalue weighted by molar-refractivity contribution is -0.376. The number of carbonyl (C=O) groups is 2. The molecule has 2 heterocycles. The number of aliphatic hydroxyl groups excluding tert-OH is 8. The predicted molar refractivity (Wildman–Crippen MR) is 366 cm³/mol. The van der Waals surface area contributed by atoms with Crippen LogP contribution in [0.2, 0.25) is 0 Å². The second-order valence-corrected chi connectivity index (χ2v) is 29.7. The van der Waals surface area contributed by atoms with Gasteiger partial charge in [-0.2, -0.15) is 0 Å². The Labute approximate surface area is 565 Å². The minimum atomic E-state index is -1.91. The minimum absolute atomic E-state index is 0.128. The molecule has 17 nitrogen and oxygen atoms in total. The number of esters is 2. The van der Waals surface area contributed by atoms with Gasteiger partial charge in [-0.3, -0.25) is 9.59 Å². The van der Waals surface area contributed by atoms with Crippen LogP contribution in [0.3, 0.4) is 0 Å². The molecule has 8 N–H and O–H groups in total. The van der Waals surface area contributed by atoms with Crippen molar-refractivity contribution in [3.05, 3.63) is 0 Å². The molecule has 0 spiro atoms. The summed E-state index contributed by atoms with van der Waals surface area (Å²) >= 11 is 0. The fourth-order valence-corrected chi connectivity index (χ4v) is 15.0. The lowest BCUT2D eigenvalue weighted by Gasteiger charge is -2.44. The molecule has 0 radical (unpaired) electrons. The first-order valence-electron chi connectivity index (χ1n) is 38.7. The maximum absolute atomic E-state index is 13.5. The number of ether oxygens (including phenoxy) is 7. The van der Waals surface area contributed by atoms with E-state index in [9.17, 15) is 50.4 Å². The van der Waals surface area contributed by atoms with E-state index in [4.69, 9.17) is 33.2 Å². The summed E-state index contributed by atoms with van der Waals surface area (Å²) in [7, 11) is 3.56. The lowest BCUT2D eigenvalue weighted by atomic mass is 9.91. The molecular weight excluding hydrogens is 1180 g/mol. The molecule has 93 heavy (non-hydrogen) atoms. The number of unbranched alkanes of at least 4 members (excludes halogenated alkanes) is 30. The van der Waals surface area contributed by atoms with Gasteiger partial charge in [0.15, 0.2) is 12.6 Å². The van der Waals surface area contributed by atoms with E-state index in [1.165, 1.54) is 205 Å². The van der Waals surface area contributed by atoms with E-state index in [2.05, 4.69) is 27.7 Å². The summed E-state index contributed by atoms with van der Waals surface area (Å²) in [5.41, 5.74) is 0. The molecule has 2 saturated carbocycles. The van der Waals surface area contributed by atoms with Gasteiger partial charge in [-0.1, -0.05) is 247 Å². The summed E-state index contributed by atoms with van der Waals surface area (Å²) in [6.07, 6.45) is 31.2. The molecule has 0 amide bonds. The molecule has 548 valence electrons. The van der Waals surface area contributed by atoms with Gasteiger partial charge >= 0.3 is 11.9 Å². The SMILES string of the molecule is CCCCCCCCCCCCCCCCCC[C@@H](C)[C@@H](C[C@@H]1C[C@@H]1C[C@@H](O)[C@@H](CC)C(=O)OCC1OC(OC2OC(COC(=O)[C@H](CC)[C@H](O)C[C@H]3C[C@H]3C[C@@H](OC)[C@H](C)CCCCCCCCCCCCCCCCCC)C(O)C(O)C2O)C(O)C(O)C1O)OC. The molecule has 0 bridgehead atoms. The quantitative estimate of drug-likeness (QED) is 0.0208. The van der Waals surface area contributed by atoms with Gasteiger partial charge in [0.2, 0.25) is 0 Å². The standard InChI is InChI=1S/C76H142O17/c1-9-13-15-17-19-21-23-25-27-29-31-33-35-37-39-41-43-53(5)63(87-7)49-57-45-55(57)47-61(77)59(11-3)73(85)89-51-65-67(79)69(81)71(83)75(91-65)93-76-72(84)70(82)68(80)66(92-76)52-90-74(86)60(12-4)62(78)48-56-46-58(56)50-64(88-8)54(6)44-42-40-38-36-34-32-30-28-26-24-22-20-18-16-14-10-2/h53-72,75-84H,9-52H2,1-8H3/t53-,54-,55-,56-,57+,58+,59-,60-,61-,62-,63-,64-,65?,66?,67?,68?,69?,70?,71?,72?,75?,76?/m1/s1. The molecule has 2 saturated heterocycles. The number of hydrogen-bond donors (Lipinski definition) is 8. The van der Waals surface area contributed by atoms with Crippen LogP contribution in [0.4, 0.5) is 0 Å². The molecule has 4 rings (SSSR count). The van der Waals surface area contributed by atoms with Crippen molar-refractivity contribution < 1.29 is 83.6 Å². The highest BCUT2D eigenvalue weighted by atomic mass is 16.8. The van der Waals surface area contributed by atoms with Crippen LogP contribution in [-0.2, 0) is 42.7 Å². The third-order valence-electron chi connectivity index (χ3n) is 22.0. The van der Waals surface area contributed by atoms with E-state index in [0.29, 0.717) is 36.5 Å². The summed E-state index contributed by atoms with van der Waals surface area (Å²) in [6, 6.07) is 0. The molecular formula is C76H142O17. The number of hydrogen-bond acceptors (Lipinski definition) is 17. The summed E-state index contributed by atoms with van der Waals surface area (Å²) in [5.74, 6) is -1.07. The van der Waals surface area contributed by atoms with E-state index in [1.807, 2.05) is 0 Å². The van der Waals surface area contributed by atoms with Crippen molar-refractivity contribution in [2.24, 2.45) is 47.3 Å². The second kappa shape index (κ2) is 49.0. The van der Waals surface area contributed by atoms with Crippen LogP contribution in [0.25, 0.3) is 0 Å². The van der Waals surface area contributed by atoms with Crippen molar-refractivity contribution in [1.82, 2.24) is 0 Å². The topological polar surface area (TPSA) is 261 Å². The van der Waals surface area contributed by atoms with Crippen LogP contribution >= 0.6 is 0 Å². The van der Waals surface area contributed by atoms with E-state index >= 15 is 0 Å². The Morgan fingerprint density at radius 1 is 0.387 bits per heavy atom. The van der Waals surface area contributed by atoms with Crippen molar-refractivity contribution in [3.8, 4) is 0 Å². The van der Waals surface area contributed by atoms with Gasteiger partial charge < -0.3 is 74.0 Å². The second-order valence-electron chi connectivity index (χ2n) is 29.7. The smallest absolute Gasteiger partial charge is 0.311 e. The van der Waals surface area contributed by atoms with Gasteiger partial charge in [0, 0.05) is 14.2 Å². The average molecular weight is 1330 g/mol. The monoisotopic (exact) mass is 1330 g/mol. The first kappa shape index (κ1) is 83.8. The van der Waals surface area contributed by atoms with Crippen LogP contribution in [-0.4, -0.2) is 166 Å². The predicted octanol–water partition coefficient (Wildman–Crippen LogP) is 13.9. The lowest BCUT2D eigenvalue weighted by Crippen LogP contribution is -2.64. The van der Waals surface area contributed by atoms with Crippen LogP contribution < -0.4 is 0 Å². The molecule has 4 aliphatic rings. The Kier molecular flexibility index (Phi) is 44.2. The van der Waals surface area contributed by atoms with Gasteiger partial charge in [-0.25, -0.2) is 0 Å². The normalized spacial score (nSPS) is 28.9. The van der Waals surface area contributed by atoms with Gasteiger partial charge in [0.1, 0.15) is 62.0 Å². The molecule has 22 atom stereocenters. The molecule has 0 aromatic carbocycles. The maximum Gasteiger partial charge on any atom is 0.311 e. The van der Waals surface area contributed by atoms with Gasteiger partial charge in [-0.15, -0.1) is 0 Å². The van der Waals surface area contributed by atoms with Gasteiger partial charge in [0.25, 0.3) is 0 Å². The molecule has 2 aliphatic heterocycles. The van der Waals surface area contributed by atoms with E-state index in [-0.39, 0.29) is 36.9 Å². The Morgan fingerprint density at radius 3 is 0.925 bits per heavy atom. The number of aliphatic hydroxyl groups is 8. The van der Waals surface area contributed by atoms with Gasteiger partial charge in [0.05, 0.1) is 36.3 Å². The molecule has 17 heteroatoms. The fraction of sp³-hybridized carbons (Fsp3) is 0.974. The van der Waals surface area contributed by atoms with E-state index < -0.39 is 111 Å². The Hall–Kier alpha value is -1.58. The van der Waals surface area contributed by atoms with Crippen LogP contribution in [0, 0.1) is 47.3 Å². The summed E-state index contributed by atoms with van der Waals surface area (Å²) in [6.45, 7) is 11.5. The Balaban J connectivity index is 1.11. The minimum Gasteiger partial charge on any atom is -0.463 e. The van der Waals surface area contributed by atoms with E-state index in [0.717, 1.165) is 38.5 Å². The zero-order valence-corrected chi connectivity index (χ0v) is 60.1. The highest BCUT2D eigenvalue weighted by Crippen LogP contribution is 2.49. The van der Waals surface area contributed by atoms with Crippen molar-refractivity contribution in [1.29, 1.82) is 0 Å². The Morgan fingerprint density at radius 2 is 0.656 bits per heavy atom. The molecule has 4 fully saturated rings. The first-order chi connectivity index (χ1) is 44.9. The summed E-state index contributed by atoms with van der Waals surface area (Å²) in [5, 5.41) is 88.4. The van der Waals surface area contributed by atoms with Gasteiger partial charge in [-0.05, 0) is 99.7 Å². The maximum atomic E-state index is 13.5. The van der Waals surface area contributed by atoms with Crippen LogP contribution in [0.15, 0.2) is 0 Å². The average Bonchev–Trinajstić information content (AvgIpc) is 1.16. The number of methoxy groups -OCH3 is 2. The third kappa shape index (κ3) is 32.1. The Bertz CT molecular complexity index is 1740. The number of rotatable bonds is 58. The molecule has 10 unspecified atom stereocenters. The molecule has 2 aliphatic carbocycles. The van der Waals surface area contributed by atoms with E-state index in [1.54, 1.807) is 28.1 Å². The highest BCUT2D eigenvalue weighted by Gasteiger charge is 2.51. The van der Waals surface area contributed by atoms with Crippen molar-refractivity contribution in [3.63, 3.8) is 0 Å². The largest absolute Gasteiger partial charge is 0.463 e. The molecule has 0 aromatic rings. The zero-order chi connectivity index (χ0) is 67.9. The number of carbonyl (C=O) groups excluding carboxylic acids is 2. The summed E-state index contributed by atoms with van der Waals surface area (Å²) in [4.78, 5) is 27.1. The van der Waals surface area contributed by atoms with Crippen molar-refractivity contribution in [2.75, 3.05) is 27.4 Å². The van der Waals surface area contributed by atoms with Crippen molar-refractivity contribution >= 4 is 11.9 Å². The zero-order valence-electron chi connectivity index (χ0n) is 60.1. The van der Waals surface area contributed by atoms with Crippen LogP contribution in [0.5, 0.6) is 0 Å².